The van der Waals surface area contributed by atoms with Crippen LogP contribution in [0.5, 0.6) is 0 Å². The van der Waals surface area contributed by atoms with Crippen LogP contribution >= 0.6 is 23.4 Å². The molecule has 0 spiro atoms. The Bertz CT molecular complexity index is 1310. The lowest BCUT2D eigenvalue weighted by Gasteiger charge is -2.19. The highest BCUT2D eigenvalue weighted by atomic mass is 35.5. The molecule has 7 heteroatoms. The van der Waals surface area contributed by atoms with E-state index in [1.165, 1.54) is 16.7 Å². The average molecular weight is 488 g/mol. The van der Waals surface area contributed by atoms with E-state index in [-0.39, 0.29) is 11.5 Å². The molecule has 3 aromatic rings. The van der Waals surface area contributed by atoms with Gasteiger partial charge in [0.15, 0.2) is 0 Å². The Morgan fingerprint density at radius 2 is 1.76 bits per heavy atom. The van der Waals surface area contributed by atoms with Crippen LogP contribution in [0.15, 0.2) is 83.4 Å². The summed E-state index contributed by atoms with van der Waals surface area (Å²) < 4.78 is 0. The summed E-state index contributed by atoms with van der Waals surface area (Å²) >= 11 is 7.29. The molecule has 1 unspecified atom stereocenters. The molecular formula is C27H22ClN3O2S. The number of hydrogen-bond donors (Lipinski definition) is 1. The standard InChI is InChI=1S/C27H22ClN3O2S/c1-17-6-10-21(11-7-17)30-25(32)23(16-29)27-31(22-12-8-20(28)9-13-22)26(33)24(34-27)15-19-5-3-4-18(2)14-19/h3-14,24H,15H2,1-2H3,(H,30,32)/b27-23-. The third-order valence-corrected chi connectivity index (χ3v) is 6.92. The van der Waals surface area contributed by atoms with Gasteiger partial charge in [-0.3, -0.25) is 14.5 Å². The Kier molecular flexibility index (Phi) is 7.06. The highest BCUT2D eigenvalue weighted by Gasteiger charge is 2.40. The van der Waals surface area contributed by atoms with Gasteiger partial charge in [-0.15, -0.1) is 0 Å². The molecule has 5 nitrogen and oxygen atoms in total. The molecular weight excluding hydrogens is 466 g/mol. The smallest absolute Gasteiger partial charge is 0.269 e. The molecule has 1 aliphatic rings. The first kappa shape index (κ1) is 23.6. The van der Waals surface area contributed by atoms with Crippen molar-refractivity contribution in [2.75, 3.05) is 10.2 Å². The summed E-state index contributed by atoms with van der Waals surface area (Å²) in [5.74, 6) is -0.739. The molecule has 1 N–H and O–H groups in total. The molecule has 0 saturated carbocycles. The van der Waals surface area contributed by atoms with Crippen LogP contribution in [0, 0.1) is 25.2 Å². The maximum absolute atomic E-state index is 13.5. The van der Waals surface area contributed by atoms with E-state index in [2.05, 4.69) is 5.32 Å². The van der Waals surface area contributed by atoms with Crippen LogP contribution in [-0.2, 0) is 16.0 Å². The highest BCUT2D eigenvalue weighted by Crippen LogP contribution is 2.42. The minimum atomic E-state index is -0.558. The van der Waals surface area contributed by atoms with Crippen molar-refractivity contribution in [3.8, 4) is 6.07 Å². The number of nitrogens with zero attached hydrogens (tertiary/aromatic N) is 2. The third-order valence-electron chi connectivity index (χ3n) is 5.40. The average Bonchev–Trinajstić information content (AvgIpc) is 3.12. The van der Waals surface area contributed by atoms with Gasteiger partial charge in [-0.05, 0) is 62.2 Å². The molecule has 34 heavy (non-hydrogen) atoms. The normalized spacial score (nSPS) is 16.8. The zero-order valence-corrected chi connectivity index (χ0v) is 20.3. The summed E-state index contributed by atoms with van der Waals surface area (Å²) in [6, 6.07) is 24.1. The lowest BCUT2D eigenvalue weighted by molar-refractivity contribution is -0.117. The number of carbonyl (C=O) groups excluding carboxylic acids is 2. The van der Waals surface area contributed by atoms with Gasteiger partial charge in [0.2, 0.25) is 5.91 Å². The molecule has 4 rings (SSSR count). The van der Waals surface area contributed by atoms with Crippen molar-refractivity contribution in [2.45, 2.75) is 25.5 Å². The van der Waals surface area contributed by atoms with E-state index in [9.17, 15) is 14.9 Å². The Balaban J connectivity index is 1.72. The van der Waals surface area contributed by atoms with Crippen molar-refractivity contribution in [1.29, 1.82) is 5.26 Å². The molecule has 1 fully saturated rings. The van der Waals surface area contributed by atoms with E-state index in [0.717, 1.165) is 16.7 Å². The molecule has 0 aliphatic carbocycles. The summed E-state index contributed by atoms with van der Waals surface area (Å²) in [5.41, 5.74) is 4.20. The number of halogens is 1. The highest BCUT2D eigenvalue weighted by molar-refractivity contribution is 8.05. The number of nitrogens with one attached hydrogen (secondary N) is 1. The number of carbonyl (C=O) groups is 2. The molecule has 0 aromatic heterocycles. The largest absolute Gasteiger partial charge is 0.321 e. The number of anilines is 2. The number of hydrogen-bond acceptors (Lipinski definition) is 4. The van der Waals surface area contributed by atoms with Gasteiger partial charge in [-0.2, -0.15) is 5.26 Å². The van der Waals surface area contributed by atoms with Crippen LogP contribution in [0.25, 0.3) is 0 Å². The van der Waals surface area contributed by atoms with E-state index in [0.29, 0.717) is 27.8 Å². The summed E-state index contributed by atoms with van der Waals surface area (Å²) in [4.78, 5) is 28.1. The minimum absolute atomic E-state index is 0.111. The van der Waals surface area contributed by atoms with Gasteiger partial charge in [0.25, 0.3) is 5.91 Å². The number of thioether (sulfide) groups is 1. The number of benzene rings is 3. The molecule has 0 radical (unpaired) electrons. The van der Waals surface area contributed by atoms with Crippen LogP contribution in [0.2, 0.25) is 5.02 Å². The van der Waals surface area contributed by atoms with Gasteiger partial charge < -0.3 is 5.32 Å². The predicted octanol–water partition coefficient (Wildman–Crippen LogP) is 6.02. The maximum atomic E-state index is 13.5. The molecule has 1 heterocycles. The van der Waals surface area contributed by atoms with Crippen molar-refractivity contribution in [3.05, 3.63) is 105 Å². The SMILES string of the molecule is Cc1ccc(NC(=O)/C(C#N)=C2\SC(Cc3cccc(C)c3)C(=O)N2c2ccc(Cl)cc2)cc1. The van der Waals surface area contributed by atoms with Gasteiger partial charge in [0.05, 0.1) is 5.25 Å². The topological polar surface area (TPSA) is 73.2 Å². The Labute approximate surface area is 208 Å². The fourth-order valence-corrected chi connectivity index (χ4v) is 5.13. The van der Waals surface area contributed by atoms with E-state index < -0.39 is 11.2 Å². The number of amides is 2. The zero-order valence-electron chi connectivity index (χ0n) is 18.7. The zero-order chi connectivity index (χ0) is 24.2. The fourth-order valence-electron chi connectivity index (χ4n) is 3.70. The van der Waals surface area contributed by atoms with Crippen LogP contribution in [0.4, 0.5) is 11.4 Å². The lowest BCUT2D eigenvalue weighted by atomic mass is 10.1. The van der Waals surface area contributed by atoms with Crippen molar-refractivity contribution in [1.82, 2.24) is 0 Å². The summed E-state index contributed by atoms with van der Waals surface area (Å²) in [6.07, 6.45) is 0.483. The van der Waals surface area contributed by atoms with Gasteiger partial charge in [-0.25, -0.2) is 0 Å². The monoisotopic (exact) mass is 487 g/mol. The molecule has 0 bridgehead atoms. The van der Waals surface area contributed by atoms with Gasteiger partial charge >= 0.3 is 0 Å². The number of nitriles is 1. The Morgan fingerprint density at radius 3 is 2.41 bits per heavy atom. The summed E-state index contributed by atoms with van der Waals surface area (Å²) in [6.45, 7) is 3.95. The Hall–Kier alpha value is -3.53. The van der Waals surface area contributed by atoms with Crippen molar-refractivity contribution in [2.24, 2.45) is 0 Å². The van der Waals surface area contributed by atoms with E-state index in [4.69, 9.17) is 11.6 Å². The van der Waals surface area contributed by atoms with E-state index >= 15 is 0 Å². The second-order valence-electron chi connectivity index (χ2n) is 8.06. The molecule has 1 aliphatic heterocycles. The fraction of sp³-hybridized carbons (Fsp3) is 0.148. The van der Waals surface area contributed by atoms with Crippen molar-refractivity contribution >= 4 is 46.6 Å². The van der Waals surface area contributed by atoms with Crippen molar-refractivity contribution < 1.29 is 9.59 Å². The van der Waals surface area contributed by atoms with Crippen LogP contribution in [0.1, 0.15) is 16.7 Å². The third kappa shape index (κ3) is 5.17. The Morgan fingerprint density at radius 1 is 1.06 bits per heavy atom. The van der Waals surface area contributed by atoms with Crippen LogP contribution in [0.3, 0.4) is 0 Å². The van der Waals surface area contributed by atoms with Crippen molar-refractivity contribution in [3.63, 3.8) is 0 Å². The molecule has 2 amide bonds. The molecule has 1 saturated heterocycles. The van der Waals surface area contributed by atoms with Gasteiger partial charge in [-0.1, -0.05) is 70.9 Å². The summed E-state index contributed by atoms with van der Waals surface area (Å²) in [7, 11) is 0. The lowest BCUT2D eigenvalue weighted by Crippen LogP contribution is -2.30. The number of rotatable bonds is 5. The van der Waals surface area contributed by atoms with E-state index in [1.807, 2.05) is 56.3 Å². The minimum Gasteiger partial charge on any atom is -0.321 e. The van der Waals surface area contributed by atoms with Gasteiger partial charge in [0, 0.05) is 16.4 Å². The molecule has 3 aromatic carbocycles. The molecule has 170 valence electrons. The predicted molar refractivity (Wildman–Crippen MR) is 138 cm³/mol. The first-order valence-corrected chi connectivity index (χ1v) is 12.0. The number of aryl methyl sites for hydroxylation is 2. The van der Waals surface area contributed by atoms with Gasteiger partial charge in [0.1, 0.15) is 16.7 Å². The maximum Gasteiger partial charge on any atom is 0.269 e. The second kappa shape index (κ2) is 10.2. The first-order valence-electron chi connectivity index (χ1n) is 10.7. The second-order valence-corrected chi connectivity index (χ2v) is 9.69. The van der Waals surface area contributed by atoms with Crippen LogP contribution < -0.4 is 10.2 Å². The molecule has 1 atom stereocenters. The quantitative estimate of drug-likeness (QED) is 0.352. The first-order chi connectivity index (χ1) is 16.4. The summed E-state index contributed by atoms with van der Waals surface area (Å²) in [5, 5.41) is 13.1. The van der Waals surface area contributed by atoms with Crippen LogP contribution in [-0.4, -0.2) is 17.1 Å². The van der Waals surface area contributed by atoms with E-state index in [1.54, 1.807) is 36.4 Å².